The summed E-state index contributed by atoms with van der Waals surface area (Å²) in [6.07, 6.45) is 6.13. The van der Waals surface area contributed by atoms with E-state index in [1.54, 1.807) is 17.1 Å². The van der Waals surface area contributed by atoms with Gasteiger partial charge in [-0.25, -0.2) is 4.68 Å². The Labute approximate surface area is 152 Å². The minimum atomic E-state index is -0.515. The van der Waals surface area contributed by atoms with E-state index >= 15 is 0 Å². The molecule has 2 aromatic heterocycles. The molecule has 6 heteroatoms. The van der Waals surface area contributed by atoms with Gasteiger partial charge in [0.1, 0.15) is 0 Å². The van der Waals surface area contributed by atoms with Crippen molar-refractivity contribution in [3.63, 3.8) is 0 Å². The number of nitrogens with zero attached hydrogens (tertiary/aromatic N) is 3. The highest BCUT2D eigenvalue weighted by Crippen LogP contribution is 2.30. The zero-order valence-electron chi connectivity index (χ0n) is 14.9. The third kappa shape index (κ3) is 3.50. The molecule has 0 unspecified atom stereocenters. The van der Waals surface area contributed by atoms with Gasteiger partial charge in [-0.2, -0.15) is 5.10 Å². The zero-order chi connectivity index (χ0) is 18.5. The number of benzene rings is 1. The summed E-state index contributed by atoms with van der Waals surface area (Å²) in [5, 5.41) is 4.53. The van der Waals surface area contributed by atoms with Crippen LogP contribution in [0.25, 0.3) is 16.9 Å². The SMILES string of the molecule is CCCCc1c(C(N)=O)nn(-c2cccnc2)c1-c1ccc(CN)cc1. The Morgan fingerprint density at radius 2 is 1.96 bits per heavy atom. The van der Waals surface area contributed by atoms with E-state index in [1.807, 2.05) is 36.4 Å². The molecule has 0 radical (unpaired) electrons. The Kier molecular flexibility index (Phi) is 5.43. The summed E-state index contributed by atoms with van der Waals surface area (Å²) in [5.41, 5.74) is 16.2. The van der Waals surface area contributed by atoms with Crippen LogP contribution in [0.3, 0.4) is 0 Å². The summed E-state index contributed by atoms with van der Waals surface area (Å²) >= 11 is 0. The molecule has 0 aliphatic heterocycles. The topological polar surface area (TPSA) is 99.8 Å². The molecular formula is C20H23N5O. The molecule has 2 heterocycles. The third-order valence-electron chi connectivity index (χ3n) is 4.35. The monoisotopic (exact) mass is 349 g/mol. The number of carbonyl (C=O) groups is 1. The van der Waals surface area contributed by atoms with E-state index in [2.05, 4.69) is 17.0 Å². The Bertz CT molecular complexity index is 885. The normalized spacial score (nSPS) is 10.8. The van der Waals surface area contributed by atoms with Crippen molar-refractivity contribution in [3.8, 4) is 16.9 Å². The fourth-order valence-corrected chi connectivity index (χ4v) is 3.00. The highest BCUT2D eigenvalue weighted by molar-refractivity contribution is 5.94. The van der Waals surface area contributed by atoms with E-state index in [1.165, 1.54) is 0 Å². The molecule has 3 rings (SSSR count). The van der Waals surface area contributed by atoms with Gasteiger partial charge in [-0.15, -0.1) is 0 Å². The Morgan fingerprint density at radius 1 is 1.19 bits per heavy atom. The molecule has 6 nitrogen and oxygen atoms in total. The predicted molar refractivity (Wildman–Crippen MR) is 102 cm³/mol. The molecule has 0 aliphatic carbocycles. The molecule has 0 bridgehead atoms. The van der Waals surface area contributed by atoms with Crippen molar-refractivity contribution in [2.24, 2.45) is 11.5 Å². The van der Waals surface area contributed by atoms with Gasteiger partial charge in [-0.3, -0.25) is 9.78 Å². The van der Waals surface area contributed by atoms with Gasteiger partial charge in [0.25, 0.3) is 5.91 Å². The lowest BCUT2D eigenvalue weighted by molar-refractivity contribution is 0.0994. The number of hydrogen-bond donors (Lipinski definition) is 2. The lowest BCUT2D eigenvalue weighted by Gasteiger charge is -2.10. The van der Waals surface area contributed by atoms with Gasteiger partial charge in [0, 0.05) is 23.9 Å². The van der Waals surface area contributed by atoms with Crippen molar-refractivity contribution >= 4 is 5.91 Å². The van der Waals surface area contributed by atoms with Gasteiger partial charge in [0.05, 0.1) is 17.6 Å². The van der Waals surface area contributed by atoms with Crippen LogP contribution in [0.5, 0.6) is 0 Å². The molecule has 1 amide bonds. The number of primary amides is 1. The number of amides is 1. The first-order valence-corrected chi connectivity index (χ1v) is 8.77. The van der Waals surface area contributed by atoms with Crippen LogP contribution in [-0.4, -0.2) is 20.7 Å². The Morgan fingerprint density at radius 3 is 2.54 bits per heavy atom. The fraction of sp³-hybridized carbons (Fsp3) is 0.250. The standard InChI is InChI=1S/C20H23N5O/c1-2-3-6-17-18(20(22)26)24-25(16-5-4-11-23-13-16)19(17)15-9-7-14(12-21)8-10-15/h4-5,7-11,13H,2-3,6,12,21H2,1H3,(H2,22,26). The summed E-state index contributed by atoms with van der Waals surface area (Å²) in [4.78, 5) is 16.2. The van der Waals surface area contributed by atoms with Crippen molar-refractivity contribution in [1.82, 2.24) is 14.8 Å². The van der Waals surface area contributed by atoms with E-state index in [0.717, 1.165) is 47.3 Å². The van der Waals surface area contributed by atoms with Crippen LogP contribution >= 0.6 is 0 Å². The average Bonchev–Trinajstić information content (AvgIpc) is 3.06. The maximum atomic E-state index is 12.0. The van der Waals surface area contributed by atoms with E-state index in [9.17, 15) is 4.79 Å². The Hall–Kier alpha value is -2.99. The highest BCUT2D eigenvalue weighted by Gasteiger charge is 2.23. The first-order valence-electron chi connectivity index (χ1n) is 8.77. The van der Waals surface area contributed by atoms with Crippen LogP contribution in [0, 0.1) is 0 Å². The fourth-order valence-electron chi connectivity index (χ4n) is 3.00. The molecule has 4 N–H and O–H groups in total. The van der Waals surface area contributed by atoms with Crippen LogP contribution < -0.4 is 11.5 Å². The molecular weight excluding hydrogens is 326 g/mol. The molecule has 0 saturated heterocycles. The largest absolute Gasteiger partial charge is 0.364 e. The van der Waals surface area contributed by atoms with E-state index in [-0.39, 0.29) is 0 Å². The second-order valence-corrected chi connectivity index (χ2v) is 6.17. The number of aromatic nitrogens is 3. The number of pyridine rings is 1. The van der Waals surface area contributed by atoms with E-state index in [0.29, 0.717) is 12.2 Å². The lowest BCUT2D eigenvalue weighted by atomic mass is 9.99. The van der Waals surface area contributed by atoms with Crippen molar-refractivity contribution in [1.29, 1.82) is 0 Å². The van der Waals surface area contributed by atoms with Crippen molar-refractivity contribution in [2.45, 2.75) is 32.7 Å². The zero-order valence-corrected chi connectivity index (χ0v) is 14.9. The molecule has 3 aromatic rings. The quantitative estimate of drug-likeness (QED) is 0.685. The van der Waals surface area contributed by atoms with E-state index < -0.39 is 5.91 Å². The van der Waals surface area contributed by atoms with Gasteiger partial charge in [0.2, 0.25) is 0 Å². The van der Waals surface area contributed by atoms with Crippen LogP contribution in [0.4, 0.5) is 0 Å². The first-order chi connectivity index (χ1) is 12.7. The second-order valence-electron chi connectivity index (χ2n) is 6.17. The average molecular weight is 349 g/mol. The summed E-state index contributed by atoms with van der Waals surface area (Å²) < 4.78 is 1.76. The Balaban J connectivity index is 2.24. The first kappa shape index (κ1) is 17.8. The smallest absolute Gasteiger partial charge is 0.269 e. The van der Waals surface area contributed by atoms with Crippen molar-refractivity contribution < 1.29 is 4.79 Å². The van der Waals surface area contributed by atoms with Gasteiger partial charge in [-0.1, -0.05) is 37.6 Å². The molecule has 0 spiro atoms. The van der Waals surface area contributed by atoms with Crippen LogP contribution in [0.15, 0.2) is 48.8 Å². The summed E-state index contributed by atoms with van der Waals surface area (Å²) in [6.45, 7) is 2.60. The molecule has 0 fully saturated rings. The number of carbonyl (C=O) groups excluding carboxylic acids is 1. The molecule has 26 heavy (non-hydrogen) atoms. The van der Waals surface area contributed by atoms with Crippen LogP contribution in [-0.2, 0) is 13.0 Å². The number of hydrogen-bond acceptors (Lipinski definition) is 4. The molecule has 0 saturated carbocycles. The number of nitrogens with two attached hydrogens (primary N) is 2. The number of rotatable bonds is 7. The minimum absolute atomic E-state index is 0.320. The summed E-state index contributed by atoms with van der Waals surface area (Å²) in [5.74, 6) is -0.515. The maximum Gasteiger partial charge on any atom is 0.269 e. The second kappa shape index (κ2) is 7.93. The number of unbranched alkanes of at least 4 members (excludes halogenated alkanes) is 1. The third-order valence-corrected chi connectivity index (χ3v) is 4.35. The summed E-state index contributed by atoms with van der Waals surface area (Å²) in [7, 11) is 0. The van der Waals surface area contributed by atoms with E-state index in [4.69, 9.17) is 11.5 Å². The molecule has 134 valence electrons. The highest BCUT2D eigenvalue weighted by atomic mass is 16.1. The molecule has 0 atom stereocenters. The van der Waals surface area contributed by atoms with Crippen LogP contribution in [0.1, 0.15) is 41.4 Å². The van der Waals surface area contributed by atoms with Crippen molar-refractivity contribution in [3.05, 3.63) is 65.6 Å². The van der Waals surface area contributed by atoms with Crippen LogP contribution in [0.2, 0.25) is 0 Å². The van der Waals surface area contributed by atoms with Gasteiger partial charge in [-0.05, 0) is 30.5 Å². The van der Waals surface area contributed by atoms with Gasteiger partial charge in [0.15, 0.2) is 5.69 Å². The predicted octanol–water partition coefficient (Wildman–Crippen LogP) is 2.83. The lowest BCUT2D eigenvalue weighted by Crippen LogP contribution is -2.14. The molecule has 1 aromatic carbocycles. The molecule has 0 aliphatic rings. The van der Waals surface area contributed by atoms with Gasteiger partial charge >= 0.3 is 0 Å². The summed E-state index contributed by atoms with van der Waals surface area (Å²) in [6, 6.07) is 11.7. The van der Waals surface area contributed by atoms with Crippen molar-refractivity contribution in [2.75, 3.05) is 0 Å². The maximum absolute atomic E-state index is 12.0. The van der Waals surface area contributed by atoms with Gasteiger partial charge < -0.3 is 11.5 Å². The minimum Gasteiger partial charge on any atom is -0.364 e.